The Hall–Kier alpha value is -3.22. The summed E-state index contributed by atoms with van der Waals surface area (Å²) in [5.74, 6) is -0.128. The molecule has 1 aromatic carbocycles. The van der Waals surface area contributed by atoms with Crippen molar-refractivity contribution in [2.75, 3.05) is 11.4 Å². The van der Waals surface area contributed by atoms with Crippen LogP contribution in [0.1, 0.15) is 29.9 Å². The van der Waals surface area contributed by atoms with Crippen LogP contribution in [0, 0.1) is 13.8 Å². The Morgan fingerprint density at radius 1 is 1.11 bits per heavy atom. The van der Waals surface area contributed by atoms with Gasteiger partial charge in [-0.2, -0.15) is 10.2 Å². The molecule has 0 radical (unpaired) electrons. The molecule has 1 amide bonds. The SMILES string of the molecule is Cc1nn(C)c(C)c1-c1ccc(=O)n([C@H](C)C(=O)N2CCc3ccccc32)n1. The van der Waals surface area contributed by atoms with E-state index in [0.29, 0.717) is 12.2 Å². The first-order valence-corrected chi connectivity index (χ1v) is 9.38. The zero-order chi connectivity index (χ0) is 20.0. The molecule has 144 valence electrons. The highest BCUT2D eigenvalue weighted by atomic mass is 16.2. The molecular weight excluding hydrogens is 354 g/mol. The molecule has 1 aliphatic rings. The molecule has 0 aliphatic carbocycles. The molecule has 7 nitrogen and oxygen atoms in total. The molecule has 0 unspecified atom stereocenters. The molecule has 0 saturated heterocycles. The van der Waals surface area contributed by atoms with Crippen molar-refractivity contribution in [3.63, 3.8) is 0 Å². The van der Waals surface area contributed by atoms with Gasteiger partial charge in [0.15, 0.2) is 0 Å². The fourth-order valence-corrected chi connectivity index (χ4v) is 3.88. The van der Waals surface area contributed by atoms with Crippen molar-refractivity contribution in [3.8, 4) is 11.3 Å². The predicted molar refractivity (Wildman–Crippen MR) is 107 cm³/mol. The number of amides is 1. The van der Waals surface area contributed by atoms with E-state index >= 15 is 0 Å². The molecular formula is C21H23N5O2. The van der Waals surface area contributed by atoms with Gasteiger partial charge in [-0.3, -0.25) is 14.3 Å². The van der Waals surface area contributed by atoms with Crippen molar-refractivity contribution >= 4 is 11.6 Å². The van der Waals surface area contributed by atoms with Gasteiger partial charge in [-0.1, -0.05) is 18.2 Å². The van der Waals surface area contributed by atoms with Crippen molar-refractivity contribution in [3.05, 3.63) is 63.7 Å². The highest BCUT2D eigenvalue weighted by Crippen LogP contribution is 2.29. The molecule has 0 saturated carbocycles. The molecule has 7 heteroatoms. The lowest BCUT2D eigenvalue weighted by atomic mass is 10.1. The number of anilines is 1. The summed E-state index contributed by atoms with van der Waals surface area (Å²) in [5.41, 5.74) is 5.11. The summed E-state index contributed by atoms with van der Waals surface area (Å²) >= 11 is 0. The van der Waals surface area contributed by atoms with Crippen LogP contribution in [0.25, 0.3) is 11.3 Å². The maximum absolute atomic E-state index is 13.2. The van der Waals surface area contributed by atoms with E-state index in [1.165, 1.54) is 10.7 Å². The third-order valence-electron chi connectivity index (χ3n) is 5.47. The minimum absolute atomic E-state index is 0.128. The molecule has 2 aromatic heterocycles. The van der Waals surface area contributed by atoms with Crippen LogP contribution in [-0.2, 0) is 18.3 Å². The van der Waals surface area contributed by atoms with Gasteiger partial charge in [-0.25, -0.2) is 4.68 Å². The molecule has 1 aliphatic heterocycles. The van der Waals surface area contributed by atoms with Gasteiger partial charge in [0.25, 0.3) is 11.5 Å². The summed E-state index contributed by atoms with van der Waals surface area (Å²) in [6.07, 6.45) is 0.824. The third kappa shape index (κ3) is 2.83. The number of rotatable bonds is 3. The smallest absolute Gasteiger partial charge is 0.267 e. The molecule has 0 spiro atoms. The van der Waals surface area contributed by atoms with E-state index in [1.54, 1.807) is 22.6 Å². The lowest BCUT2D eigenvalue weighted by Crippen LogP contribution is -2.39. The lowest BCUT2D eigenvalue weighted by Gasteiger charge is -2.22. The lowest BCUT2D eigenvalue weighted by molar-refractivity contribution is -0.121. The van der Waals surface area contributed by atoms with Crippen molar-refractivity contribution in [1.29, 1.82) is 0 Å². The number of benzene rings is 1. The first-order chi connectivity index (χ1) is 13.4. The van der Waals surface area contributed by atoms with E-state index in [9.17, 15) is 9.59 Å². The van der Waals surface area contributed by atoms with Crippen molar-refractivity contribution in [1.82, 2.24) is 19.6 Å². The van der Waals surface area contributed by atoms with Gasteiger partial charge < -0.3 is 4.90 Å². The van der Waals surface area contributed by atoms with Crippen molar-refractivity contribution in [2.24, 2.45) is 7.05 Å². The van der Waals surface area contributed by atoms with Gasteiger partial charge in [0, 0.05) is 36.6 Å². The maximum Gasteiger partial charge on any atom is 0.267 e. The quantitative estimate of drug-likeness (QED) is 0.703. The second-order valence-corrected chi connectivity index (χ2v) is 7.22. The van der Waals surface area contributed by atoms with Crippen molar-refractivity contribution < 1.29 is 4.79 Å². The normalized spacial score (nSPS) is 14.2. The van der Waals surface area contributed by atoms with Crippen LogP contribution in [0.2, 0.25) is 0 Å². The van der Waals surface area contributed by atoms with E-state index in [0.717, 1.165) is 34.6 Å². The van der Waals surface area contributed by atoms with E-state index in [2.05, 4.69) is 10.2 Å². The van der Waals surface area contributed by atoms with Crippen LogP contribution < -0.4 is 10.5 Å². The summed E-state index contributed by atoms with van der Waals surface area (Å²) in [6.45, 7) is 6.22. The molecule has 0 fully saturated rings. The second kappa shape index (κ2) is 6.74. The van der Waals surface area contributed by atoms with Gasteiger partial charge in [-0.05, 0) is 44.9 Å². The summed E-state index contributed by atoms with van der Waals surface area (Å²) in [4.78, 5) is 27.4. The van der Waals surface area contributed by atoms with Gasteiger partial charge in [0.2, 0.25) is 0 Å². The zero-order valence-corrected chi connectivity index (χ0v) is 16.5. The minimum atomic E-state index is -0.698. The number of aryl methyl sites for hydroxylation is 2. The molecule has 3 aromatic rings. The van der Waals surface area contributed by atoms with E-state index < -0.39 is 6.04 Å². The van der Waals surface area contributed by atoms with Crippen LogP contribution in [-0.4, -0.2) is 32.0 Å². The largest absolute Gasteiger partial charge is 0.310 e. The topological polar surface area (TPSA) is 73.0 Å². The van der Waals surface area contributed by atoms with E-state index in [-0.39, 0.29) is 11.5 Å². The average molecular weight is 377 g/mol. The fourth-order valence-electron chi connectivity index (χ4n) is 3.88. The Bertz CT molecular complexity index is 1130. The standard InChI is InChI=1S/C21H23N5O2/c1-13-20(14(2)24(4)22-13)17-9-10-19(27)26(23-17)15(3)21(28)25-12-11-16-7-5-6-8-18(16)25/h5-10,15H,11-12H2,1-4H3/t15-/m1/s1. The molecule has 0 bridgehead atoms. The Labute approximate surface area is 163 Å². The highest BCUT2D eigenvalue weighted by molar-refractivity contribution is 5.97. The number of nitrogens with zero attached hydrogens (tertiary/aromatic N) is 5. The van der Waals surface area contributed by atoms with E-state index in [4.69, 9.17) is 0 Å². The maximum atomic E-state index is 13.2. The van der Waals surface area contributed by atoms with Crippen LogP contribution in [0.3, 0.4) is 0 Å². The Kier molecular flexibility index (Phi) is 4.37. The minimum Gasteiger partial charge on any atom is -0.310 e. The van der Waals surface area contributed by atoms with Crippen LogP contribution in [0.15, 0.2) is 41.2 Å². The first kappa shape index (κ1) is 18.2. The van der Waals surface area contributed by atoms with Gasteiger partial charge in [0.05, 0.1) is 11.4 Å². The predicted octanol–water partition coefficient (Wildman–Crippen LogP) is 2.41. The van der Waals surface area contributed by atoms with Crippen molar-refractivity contribution in [2.45, 2.75) is 33.2 Å². The Balaban J connectivity index is 1.71. The summed E-state index contributed by atoms with van der Waals surface area (Å²) < 4.78 is 3.07. The number of para-hydroxylation sites is 1. The number of aromatic nitrogens is 4. The Morgan fingerprint density at radius 2 is 1.86 bits per heavy atom. The highest BCUT2D eigenvalue weighted by Gasteiger charge is 2.29. The van der Waals surface area contributed by atoms with E-state index in [1.807, 2.05) is 45.2 Å². The number of fused-ring (bicyclic) bond motifs is 1. The second-order valence-electron chi connectivity index (χ2n) is 7.22. The van der Waals surface area contributed by atoms with Crippen LogP contribution >= 0.6 is 0 Å². The number of carbonyl (C=O) groups is 1. The van der Waals surface area contributed by atoms with Gasteiger partial charge in [-0.15, -0.1) is 0 Å². The van der Waals surface area contributed by atoms with Crippen LogP contribution in [0.5, 0.6) is 0 Å². The summed E-state index contributed by atoms with van der Waals surface area (Å²) in [6, 6.07) is 10.3. The van der Waals surface area contributed by atoms with Gasteiger partial charge >= 0.3 is 0 Å². The monoisotopic (exact) mass is 377 g/mol. The number of carbonyl (C=O) groups excluding carboxylic acids is 1. The third-order valence-corrected chi connectivity index (χ3v) is 5.47. The van der Waals surface area contributed by atoms with Crippen LogP contribution in [0.4, 0.5) is 5.69 Å². The number of hydrogen-bond donors (Lipinski definition) is 0. The summed E-state index contributed by atoms with van der Waals surface area (Å²) in [7, 11) is 1.87. The first-order valence-electron chi connectivity index (χ1n) is 9.38. The molecule has 1 atom stereocenters. The zero-order valence-electron chi connectivity index (χ0n) is 16.5. The fraction of sp³-hybridized carbons (Fsp3) is 0.333. The average Bonchev–Trinajstić information content (AvgIpc) is 3.22. The molecule has 4 rings (SSSR count). The summed E-state index contributed by atoms with van der Waals surface area (Å²) in [5, 5.41) is 8.95. The Morgan fingerprint density at radius 3 is 2.57 bits per heavy atom. The molecule has 28 heavy (non-hydrogen) atoms. The number of hydrogen-bond acceptors (Lipinski definition) is 4. The molecule has 3 heterocycles. The van der Waals surface area contributed by atoms with Gasteiger partial charge in [0.1, 0.15) is 6.04 Å². The molecule has 0 N–H and O–H groups in total.